The number of aromatic nitrogens is 2. The number of aromatic hydroxyl groups is 1. The molecule has 0 saturated heterocycles. The van der Waals surface area contributed by atoms with Crippen LogP contribution in [0, 0.1) is 0 Å². The maximum atomic E-state index is 9.97. The molecular formula is C16H20BrN3O2. The SMILES string of the molecule is CCOCc1ccc(N(CC)Cc2cc(Br)ccc2O)nn1. The van der Waals surface area contributed by atoms with E-state index < -0.39 is 0 Å². The topological polar surface area (TPSA) is 58.5 Å². The molecule has 0 spiro atoms. The quantitative estimate of drug-likeness (QED) is 0.813. The number of halogens is 1. The zero-order chi connectivity index (χ0) is 15.9. The molecular weight excluding hydrogens is 346 g/mol. The Bertz CT molecular complexity index is 605. The van der Waals surface area contributed by atoms with Gasteiger partial charge in [0.25, 0.3) is 0 Å². The van der Waals surface area contributed by atoms with E-state index in [9.17, 15) is 5.11 Å². The first-order chi connectivity index (χ1) is 10.6. The smallest absolute Gasteiger partial charge is 0.151 e. The van der Waals surface area contributed by atoms with Crippen LogP contribution >= 0.6 is 15.9 Å². The first kappa shape index (κ1) is 16.7. The average molecular weight is 366 g/mol. The molecule has 1 aromatic heterocycles. The predicted molar refractivity (Wildman–Crippen MR) is 89.9 cm³/mol. The lowest BCUT2D eigenvalue weighted by molar-refractivity contribution is 0.130. The van der Waals surface area contributed by atoms with Crippen LogP contribution in [0.15, 0.2) is 34.8 Å². The zero-order valence-corrected chi connectivity index (χ0v) is 14.4. The second kappa shape index (κ2) is 8.10. The highest BCUT2D eigenvalue weighted by Crippen LogP contribution is 2.24. The van der Waals surface area contributed by atoms with E-state index in [1.807, 2.05) is 38.1 Å². The van der Waals surface area contributed by atoms with Gasteiger partial charge in [-0.25, -0.2) is 0 Å². The molecule has 0 aliphatic carbocycles. The molecule has 6 heteroatoms. The van der Waals surface area contributed by atoms with Crippen molar-refractivity contribution in [3.63, 3.8) is 0 Å². The van der Waals surface area contributed by atoms with Crippen molar-refractivity contribution in [1.82, 2.24) is 10.2 Å². The van der Waals surface area contributed by atoms with Crippen LogP contribution in [0.3, 0.4) is 0 Å². The predicted octanol–water partition coefficient (Wildman–Crippen LogP) is 3.51. The molecule has 22 heavy (non-hydrogen) atoms. The van der Waals surface area contributed by atoms with E-state index in [1.54, 1.807) is 6.07 Å². The summed E-state index contributed by atoms with van der Waals surface area (Å²) in [4.78, 5) is 2.05. The third-order valence-electron chi connectivity index (χ3n) is 3.27. The first-order valence-electron chi connectivity index (χ1n) is 7.26. The number of ether oxygens (including phenoxy) is 1. The minimum absolute atomic E-state index is 0.280. The minimum Gasteiger partial charge on any atom is -0.508 e. The van der Waals surface area contributed by atoms with Crippen molar-refractivity contribution in [1.29, 1.82) is 0 Å². The number of phenolic OH excluding ortho intramolecular Hbond substituents is 1. The molecule has 0 saturated carbocycles. The van der Waals surface area contributed by atoms with Gasteiger partial charge in [-0.2, -0.15) is 5.10 Å². The summed E-state index contributed by atoms with van der Waals surface area (Å²) in [6.07, 6.45) is 0. The standard InChI is InChI=1S/C16H20BrN3O2/c1-3-20(10-12-9-13(17)5-7-15(12)21)16-8-6-14(18-19-16)11-22-4-2/h5-9,21H,3-4,10-11H2,1-2H3. The van der Waals surface area contributed by atoms with Gasteiger partial charge in [-0.3, -0.25) is 0 Å². The second-order valence-electron chi connectivity index (χ2n) is 4.81. The summed E-state index contributed by atoms with van der Waals surface area (Å²) in [6, 6.07) is 9.26. The van der Waals surface area contributed by atoms with Crippen molar-refractivity contribution >= 4 is 21.7 Å². The molecule has 0 bridgehead atoms. The summed E-state index contributed by atoms with van der Waals surface area (Å²) in [5.74, 6) is 1.06. The Morgan fingerprint density at radius 1 is 1.18 bits per heavy atom. The molecule has 2 aromatic rings. The molecule has 0 atom stereocenters. The Morgan fingerprint density at radius 3 is 2.64 bits per heavy atom. The van der Waals surface area contributed by atoms with Gasteiger partial charge in [0.15, 0.2) is 5.82 Å². The molecule has 1 N–H and O–H groups in total. The van der Waals surface area contributed by atoms with Crippen LogP contribution in [-0.2, 0) is 17.9 Å². The fourth-order valence-electron chi connectivity index (χ4n) is 2.05. The molecule has 0 amide bonds. The summed E-state index contributed by atoms with van der Waals surface area (Å²) in [7, 11) is 0. The van der Waals surface area contributed by atoms with Crippen LogP contribution in [-0.4, -0.2) is 28.5 Å². The maximum absolute atomic E-state index is 9.97. The lowest BCUT2D eigenvalue weighted by Gasteiger charge is -2.22. The van der Waals surface area contributed by atoms with Crippen LogP contribution in [0.1, 0.15) is 25.1 Å². The van der Waals surface area contributed by atoms with Crippen LogP contribution in [0.2, 0.25) is 0 Å². The number of rotatable bonds is 7. The molecule has 2 rings (SSSR count). The highest BCUT2D eigenvalue weighted by molar-refractivity contribution is 9.10. The Kier molecular flexibility index (Phi) is 6.15. The Hall–Kier alpha value is -1.66. The van der Waals surface area contributed by atoms with Crippen molar-refractivity contribution in [2.24, 2.45) is 0 Å². The van der Waals surface area contributed by atoms with Gasteiger partial charge in [0.05, 0.1) is 12.3 Å². The Balaban J connectivity index is 2.12. The number of hydrogen-bond acceptors (Lipinski definition) is 5. The zero-order valence-electron chi connectivity index (χ0n) is 12.8. The third-order valence-corrected chi connectivity index (χ3v) is 3.76. The second-order valence-corrected chi connectivity index (χ2v) is 5.72. The van der Waals surface area contributed by atoms with Crippen LogP contribution < -0.4 is 4.90 Å². The third kappa shape index (κ3) is 4.42. The van der Waals surface area contributed by atoms with Crippen molar-refractivity contribution < 1.29 is 9.84 Å². The molecule has 0 aliphatic heterocycles. The summed E-state index contributed by atoms with van der Waals surface area (Å²) in [5, 5.41) is 18.4. The van der Waals surface area contributed by atoms with Crippen LogP contribution in [0.25, 0.3) is 0 Å². The van der Waals surface area contributed by atoms with Gasteiger partial charge >= 0.3 is 0 Å². The highest BCUT2D eigenvalue weighted by atomic mass is 79.9. The van der Waals surface area contributed by atoms with Crippen molar-refractivity contribution in [3.05, 3.63) is 46.1 Å². The van der Waals surface area contributed by atoms with Gasteiger partial charge in [0, 0.05) is 29.7 Å². The van der Waals surface area contributed by atoms with Crippen molar-refractivity contribution in [3.8, 4) is 5.75 Å². The summed E-state index contributed by atoms with van der Waals surface area (Å²) in [5.41, 5.74) is 1.66. The molecule has 0 unspecified atom stereocenters. The van der Waals surface area contributed by atoms with Gasteiger partial charge in [-0.15, -0.1) is 5.10 Å². The highest BCUT2D eigenvalue weighted by Gasteiger charge is 2.11. The molecule has 0 fully saturated rings. The number of hydrogen-bond donors (Lipinski definition) is 1. The molecule has 5 nitrogen and oxygen atoms in total. The van der Waals surface area contributed by atoms with E-state index in [0.717, 1.165) is 28.1 Å². The van der Waals surface area contributed by atoms with E-state index in [1.165, 1.54) is 0 Å². The molecule has 0 aliphatic rings. The maximum Gasteiger partial charge on any atom is 0.151 e. The normalized spacial score (nSPS) is 10.7. The molecule has 0 radical (unpaired) electrons. The van der Waals surface area contributed by atoms with Gasteiger partial charge in [-0.05, 0) is 44.2 Å². The van der Waals surface area contributed by atoms with E-state index in [-0.39, 0.29) is 5.75 Å². The fourth-order valence-corrected chi connectivity index (χ4v) is 2.45. The Morgan fingerprint density at radius 2 is 2.00 bits per heavy atom. The number of anilines is 1. The number of nitrogens with zero attached hydrogens (tertiary/aromatic N) is 3. The van der Waals surface area contributed by atoms with Crippen LogP contribution in [0.4, 0.5) is 5.82 Å². The molecule has 118 valence electrons. The minimum atomic E-state index is 0.280. The largest absolute Gasteiger partial charge is 0.508 e. The van der Waals surface area contributed by atoms with Gasteiger partial charge < -0.3 is 14.7 Å². The fraction of sp³-hybridized carbons (Fsp3) is 0.375. The van der Waals surface area contributed by atoms with Crippen LogP contribution in [0.5, 0.6) is 5.75 Å². The molecule has 1 heterocycles. The van der Waals surface area contributed by atoms with Gasteiger partial charge in [0.1, 0.15) is 5.75 Å². The first-order valence-corrected chi connectivity index (χ1v) is 8.06. The number of benzene rings is 1. The van der Waals surface area contributed by atoms with E-state index in [0.29, 0.717) is 19.8 Å². The van der Waals surface area contributed by atoms with Crippen molar-refractivity contribution in [2.75, 3.05) is 18.1 Å². The van der Waals surface area contributed by atoms with E-state index in [2.05, 4.69) is 31.0 Å². The Labute approximate surface area is 139 Å². The van der Waals surface area contributed by atoms with Crippen molar-refractivity contribution in [2.45, 2.75) is 27.0 Å². The summed E-state index contributed by atoms with van der Waals surface area (Å²) in [6.45, 7) is 6.47. The van der Waals surface area contributed by atoms with Gasteiger partial charge in [0.2, 0.25) is 0 Å². The number of phenols is 1. The molecule has 1 aromatic carbocycles. The van der Waals surface area contributed by atoms with Gasteiger partial charge in [-0.1, -0.05) is 15.9 Å². The monoisotopic (exact) mass is 365 g/mol. The summed E-state index contributed by atoms with van der Waals surface area (Å²) < 4.78 is 6.26. The average Bonchev–Trinajstić information content (AvgIpc) is 2.54. The summed E-state index contributed by atoms with van der Waals surface area (Å²) >= 11 is 3.43. The van der Waals surface area contributed by atoms with E-state index in [4.69, 9.17) is 4.74 Å². The van der Waals surface area contributed by atoms with E-state index >= 15 is 0 Å². The lowest BCUT2D eigenvalue weighted by atomic mass is 10.2. The lowest BCUT2D eigenvalue weighted by Crippen LogP contribution is -2.23.